The van der Waals surface area contributed by atoms with Crippen LogP contribution < -0.4 is 0 Å². The van der Waals surface area contributed by atoms with Crippen LogP contribution in [0.25, 0.3) is 0 Å². The normalized spacial score (nSPS) is 9.83. The molecule has 0 aliphatic rings. The molecule has 12 heavy (non-hydrogen) atoms. The number of hydrogen-bond donors (Lipinski definition) is 0. The highest BCUT2D eigenvalue weighted by molar-refractivity contribution is 6.33. The van der Waals surface area contributed by atoms with Crippen LogP contribution in [0.5, 0.6) is 0 Å². The standard InChI is InChI=1S/C7H5Cl2NO2/c8-4-5-2-1-3-6(9)7(5)10(11)12/h1-3H,4H2. The summed E-state index contributed by atoms with van der Waals surface area (Å²) in [5.74, 6) is 0.0941. The maximum absolute atomic E-state index is 10.5. The molecule has 0 spiro atoms. The fourth-order valence-electron chi connectivity index (χ4n) is 0.872. The summed E-state index contributed by atoms with van der Waals surface area (Å²) in [6.07, 6.45) is 0. The molecule has 0 bridgehead atoms. The molecular weight excluding hydrogens is 201 g/mol. The second-order valence-electron chi connectivity index (χ2n) is 2.14. The lowest BCUT2D eigenvalue weighted by Crippen LogP contribution is -1.93. The largest absolute Gasteiger partial charge is 0.292 e. The highest BCUT2D eigenvalue weighted by atomic mass is 35.5. The summed E-state index contributed by atoms with van der Waals surface area (Å²) in [4.78, 5) is 9.94. The van der Waals surface area contributed by atoms with Gasteiger partial charge in [0.2, 0.25) is 0 Å². The van der Waals surface area contributed by atoms with Crippen molar-refractivity contribution in [3.8, 4) is 0 Å². The van der Waals surface area contributed by atoms with Crippen molar-refractivity contribution in [3.05, 3.63) is 38.9 Å². The summed E-state index contributed by atoms with van der Waals surface area (Å²) in [5, 5.41) is 10.6. The van der Waals surface area contributed by atoms with E-state index >= 15 is 0 Å². The first kappa shape index (κ1) is 9.29. The third-order valence-corrected chi connectivity index (χ3v) is 1.99. The van der Waals surface area contributed by atoms with E-state index in [0.717, 1.165) is 0 Å². The molecule has 0 unspecified atom stereocenters. The summed E-state index contributed by atoms with van der Waals surface area (Å²) < 4.78 is 0. The number of alkyl halides is 1. The lowest BCUT2D eigenvalue weighted by atomic mass is 10.2. The van der Waals surface area contributed by atoms with Gasteiger partial charge in [-0.05, 0) is 6.07 Å². The molecular formula is C7H5Cl2NO2. The Bertz CT molecular complexity index is 314. The van der Waals surface area contributed by atoms with Crippen molar-refractivity contribution < 1.29 is 4.92 Å². The Labute approximate surface area is 79.1 Å². The molecule has 5 heteroatoms. The Hall–Kier alpha value is -0.800. The van der Waals surface area contributed by atoms with Gasteiger partial charge >= 0.3 is 0 Å². The lowest BCUT2D eigenvalue weighted by molar-refractivity contribution is -0.385. The van der Waals surface area contributed by atoms with Crippen LogP contribution >= 0.6 is 23.2 Å². The van der Waals surface area contributed by atoms with Gasteiger partial charge in [-0.15, -0.1) is 11.6 Å². The highest BCUT2D eigenvalue weighted by Crippen LogP contribution is 2.28. The molecule has 0 aromatic heterocycles. The first-order chi connectivity index (χ1) is 5.66. The number of halogens is 2. The molecule has 64 valence electrons. The van der Waals surface area contributed by atoms with Crippen molar-refractivity contribution >= 4 is 28.9 Å². The van der Waals surface area contributed by atoms with Gasteiger partial charge in [0.25, 0.3) is 5.69 Å². The Morgan fingerprint density at radius 2 is 2.17 bits per heavy atom. The maximum Gasteiger partial charge on any atom is 0.292 e. The zero-order valence-electron chi connectivity index (χ0n) is 5.96. The Balaban J connectivity index is 3.29. The summed E-state index contributed by atoms with van der Waals surface area (Å²) >= 11 is 11.1. The molecule has 0 aliphatic carbocycles. The van der Waals surface area contributed by atoms with Gasteiger partial charge in [0.1, 0.15) is 5.02 Å². The Kier molecular flexibility index (Phi) is 2.89. The lowest BCUT2D eigenvalue weighted by Gasteiger charge is -1.98. The van der Waals surface area contributed by atoms with Gasteiger partial charge in [-0.25, -0.2) is 0 Å². The zero-order chi connectivity index (χ0) is 9.14. The number of hydrogen-bond acceptors (Lipinski definition) is 2. The van der Waals surface area contributed by atoms with Gasteiger partial charge in [0.15, 0.2) is 0 Å². The first-order valence-corrected chi connectivity index (χ1v) is 4.06. The second-order valence-corrected chi connectivity index (χ2v) is 2.81. The number of rotatable bonds is 2. The maximum atomic E-state index is 10.5. The molecule has 0 fully saturated rings. The third-order valence-electron chi connectivity index (χ3n) is 1.40. The van der Waals surface area contributed by atoms with Gasteiger partial charge in [0, 0.05) is 5.56 Å². The van der Waals surface area contributed by atoms with Crippen LogP contribution in [0, 0.1) is 10.1 Å². The summed E-state index contributed by atoms with van der Waals surface area (Å²) in [5.41, 5.74) is 0.336. The van der Waals surface area contributed by atoms with Crippen molar-refractivity contribution in [2.45, 2.75) is 5.88 Å². The topological polar surface area (TPSA) is 43.1 Å². The molecule has 3 nitrogen and oxygen atoms in total. The van der Waals surface area contributed by atoms with Crippen molar-refractivity contribution in [3.63, 3.8) is 0 Å². The SMILES string of the molecule is O=[N+]([O-])c1c(Cl)cccc1CCl. The minimum absolute atomic E-state index is 0.0941. The number of nitrogens with zero attached hydrogens (tertiary/aromatic N) is 1. The monoisotopic (exact) mass is 205 g/mol. The first-order valence-electron chi connectivity index (χ1n) is 3.14. The number of benzene rings is 1. The third kappa shape index (κ3) is 1.68. The average Bonchev–Trinajstić information content (AvgIpc) is 2.03. The summed E-state index contributed by atoms with van der Waals surface area (Å²) in [6, 6.07) is 4.68. The molecule has 1 rings (SSSR count). The van der Waals surface area contributed by atoms with E-state index in [2.05, 4.69) is 0 Å². The fourth-order valence-corrected chi connectivity index (χ4v) is 1.35. The van der Waals surface area contributed by atoms with Crippen molar-refractivity contribution in [2.75, 3.05) is 0 Å². The molecule has 0 atom stereocenters. The smallest absolute Gasteiger partial charge is 0.258 e. The second kappa shape index (κ2) is 3.74. The molecule has 0 saturated carbocycles. The van der Waals surface area contributed by atoms with E-state index in [0.29, 0.717) is 5.56 Å². The van der Waals surface area contributed by atoms with Gasteiger partial charge in [-0.1, -0.05) is 23.7 Å². The fraction of sp³-hybridized carbons (Fsp3) is 0.143. The summed E-state index contributed by atoms with van der Waals surface area (Å²) in [6.45, 7) is 0. The van der Waals surface area contributed by atoms with Gasteiger partial charge in [-0.2, -0.15) is 0 Å². The van der Waals surface area contributed by atoms with Crippen LogP contribution in [-0.2, 0) is 5.88 Å². The van der Waals surface area contributed by atoms with E-state index in [1.54, 1.807) is 12.1 Å². The van der Waals surface area contributed by atoms with Crippen molar-refractivity contribution in [1.29, 1.82) is 0 Å². The number of nitro groups is 1. The van der Waals surface area contributed by atoms with Gasteiger partial charge < -0.3 is 0 Å². The van der Waals surface area contributed by atoms with Crippen LogP contribution in [0.15, 0.2) is 18.2 Å². The molecule has 0 saturated heterocycles. The van der Waals surface area contributed by atoms with Crippen LogP contribution in [0.3, 0.4) is 0 Å². The molecule has 0 aliphatic heterocycles. The average molecular weight is 206 g/mol. The number of nitro benzene ring substituents is 1. The van der Waals surface area contributed by atoms with Crippen molar-refractivity contribution in [2.24, 2.45) is 0 Å². The predicted molar refractivity (Wildman–Crippen MR) is 47.7 cm³/mol. The van der Waals surface area contributed by atoms with Crippen LogP contribution in [-0.4, -0.2) is 4.92 Å². The Morgan fingerprint density at radius 1 is 1.50 bits per heavy atom. The quantitative estimate of drug-likeness (QED) is 0.424. The predicted octanol–water partition coefficient (Wildman–Crippen LogP) is 2.99. The molecule has 1 aromatic rings. The van der Waals surface area contributed by atoms with E-state index in [9.17, 15) is 10.1 Å². The minimum atomic E-state index is -0.528. The van der Waals surface area contributed by atoms with E-state index in [1.807, 2.05) is 0 Å². The van der Waals surface area contributed by atoms with Gasteiger partial charge in [-0.3, -0.25) is 10.1 Å². The molecule has 0 N–H and O–H groups in total. The van der Waals surface area contributed by atoms with E-state index < -0.39 is 4.92 Å². The summed E-state index contributed by atoms with van der Waals surface area (Å²) in [7, 11) is 0. The van der Waals surface area contributed by atoms with E-state index in [1.165, 1.54) is 6.07 Å². The molecule has 0 amide bonds. The molecule has 0 heterocycles. The van der Waals surface area contributed by atoms with Crippen molar-refractivity contribution in [1.82, 2.24) is 0 Å². The highest BCUT2D eigenvalue weighted by Gasteiger charge is 2.16. The Morgan fingerprint density at radius 3 is 2.58 bits per heavy atom. The number of para-hydroxylation sites is 1. The molecule has 0 radical (unpaired) electrons. The van der Waals surface area contributed by atoms with E-state index in [-0.39, 0.29) is 16.6 Å². The minimum Gasteiger partial charge on any atom is -0.258 e. The van der Waals surface area contributed by atoms with Crippen LogP contribution in [0.2, 0.25) is 5.02 Å². The van der Waals surface area contributed by atoms with Crippen LogP contribution in [0.1, 0.15) is 5.56 Å². The molecule has 1 aromatic carbocycles. The van der Waals surface area contributed by atoms with E-state index in [4.69, 9.17) is 23.2 Å². The van der Waals surface area contributed by atoms with Crippen LogP contribution in [0.4, 0.5) is 5.69 Å². The zero-order valence-corrected chi connectivity index (χ0v) is 7.47. The van der Waals surface area contributed by atoms with Gasteiger partial charge in [0.05, 0.1) is 10.8 Å².